The van der Waals surface area contributed by atoms with Gasteiger partial charge in [0.2, 0.25) is 5.91 Å². The van der Waals surface area contributed by atoms with E-state index in [1.54, 1.807) is 24.3 Å². The molecule has 0 bridgehead atoms. The number of carbonyl (C=O) groups excluding carboxylic acids is 2. The summed E-state index contributed by atoms with van der Waals surface area (Å²) in [5.41, 5.74) is 1.34. The van der Waals surface area contributed by atoms with Crippen molar-refractivity contribution in [1.82, 2.24) is 4.57 Å². The lowest BCUT2D eigenvalue weighted by Gasteiger charge is -2.08. The van der Waals surface area contributed by atoms with Crippen LogP contribution in [0.1, 0.15) is 18.7 Å². The number of carbonyl (C=O) groups is 2. The van der Waals surface area contributed by atoms with Gasteiger partial charge in [0.25, 0.3) is 5.56 Å². The first-order valence-electron chi connectivity index (χ1n) is 5.66. The van der Waals surface area contributed by atoms with Crippen LogP contribution in [-0.2, 0) is 4.79 Å². The van der Waals surface area contributed by atoms with Gasteiger partial charge in [-0.05, 0) is 24.3 Å². The lowest BCUT2D eigenvalue weighted by molar-refractivity contribution is -0.114. The van der Waals surface area contributed by atoms with Crippen LogP contribution in [0.4, 0.5) is 5.69 Å². The van der Waals surface area contributed by atoms with Crippen LogP contribution < -0.4 is 10.9 Å². The van der Waals surface area contributed by atoms with Gasteiger partial charge in [-0.1, -0.05) is 6.07 Å². The lowest BCUT2D eigenvalue weighted by Crippen LogP contribution is -2.17. The highest BCUT2D eigenvalue weighted by atomic mass is 16.1. The van der Waals surface area contributed by atoms with Crippen LogP contribution >= 0.6 is 0 Å². The third kappa shape index (κ3) is 2.95. The molecule has 1 amide bonds. The normalized spacial score (nSPS) is 9.95. The second-order valence-electron chi connectivity index (χ2n) is 4.02. The number of rotatable bonds is 3. The Morgan fingerprint density at radius 3 is 2.79 bits per heavy atom. The second kappa shape index (κ2) is 5.30. The number of benzene rings is 1. The number of nitrogens with one attached hydrogen (secondary N) is 1. The molecule has 0 saturated carbocycles. The van der Waals surface area contributed by atoms with E-state index >= 15 is 0 Å². The minimum absolute atomic E-state index is 0. The van der Waals surface area contributed by atoms with Gasteiger partial charge in [-0.3, -0.25) is 19.0 Å². The van der Waals surface area contributed by atoms with Gasteiger partial charge in [-0.2, -0.15) is 0 Å². The molecule has 0 unspecified atom stereocenters. The van der Waals surface area contributed by atoms with Crippen LogP contribution in [0.15, 0.2) is 47.4 Å². The molecule has 19 heavy (non-hydrogen) atoms. The summed E-state index contributed by atoms with van der Waals surface area (Å²) >= 11 is 0. The zero-order valence-corrected chi connectivity index (χ0v) is 10.3. The molecule has 0 atom stereocenters. The summed E-state index contributed by atoms with van der Waals surface area (Å²) in [7, 11) is 0. The van der Waals surface area contributed by atoms with Gasteiger partial charge in [0.05, 0.1) is 5.69 Å². The largest absolute Gasteiger partial charge is 0.326 e. The Hall–Kier alpha value is -2.69. The maximum Gasteiger partial charge on any atom is 0.255 e. The Morgan fingerprint density at radius 1 is 1.32 bits per heavy atom. The fraction of sp³-hybridized carbons (Fsp3) is 0.0714. The van der Waals surface area contributed by atoms with Crippen LogP contribution in [-0.4, -0.2) is 16.8 Å². The highest BCUT2D eigenvalue weighted by Gasteiger charge is 2.03. The first-order valence-corrected chi connectivity index (χ1v) is 5.66. The van der Waals surface area contributed by atoms with Crippen LogP contribution in [0, 0.1) is 0 Å². The number of anilines is 1. The minimum atomic E-state index is -0.245. The van der Waals surface area contributed by atoms with Crippen LogP contribution in [0.5, 0.6) is 0 Å². The summed E-state index contributed by atoms with van der Waals surface area (Å²) in [6.07, 6.45) is 2.13. The smallest absolute Gasteiger partial charge is 0.255 e. The number of nitrogens with zero attached hydrogens (tertiary/aromatic N) is 1. The average Bonchev–Trinajstić information content (AvgIpc) is 2.39. The Morgan fingerprint density at radius 2 is 2.11 bits per heavy atom. The zero-order chi connectivity index (χ0) is 13.8. The van der Waals surface area contributed by atoms with Crippen molar-refractivity contribution in [2.75, 3.05) is 5.32 Å². The Bertz CT molecular complexity index is 695. The zero-order valence-electron chi connectivity index (χ0n) is 10.3. The Kier molecular flexibility index (Phi) is 3.56. The molecule has 1 aromatic carbocycles. The maximum atomic E-state index is 11.8. The first-order chi connectivity index (χ1) is 9.10. The van der Waals surface area contributed by atoms with E-state index < -0.39 is 0 Å². The van der Waals surface area contributed by atoms with Crippen molar-refractivity contribution in [3.8, 4) is 5.69 Å². The van der Waals surface area contributed by atoms with E-state index in [0.717, 1.165) is 0 Å². The van der Waals surface area contributed by atoms with Gasteiger partial charge in [-0.15, -0.1) is 0 Å². The second-order valence-corrected chi connectivity index (χ2v) is 4.02. The molecule has 1 heterocycles. The van der Waals surface area contributed by atoms with E-state index in [1.165, 1.54) is 29.8 Å². The quantitative estimate of drug-likeness (QED) is 0.854. The van der Waals surface area contributed by atoms with Crippen molar-refractivity contribution < 1.29 is 11.0 Å². The van der Waals surface area contributed by atoms with Crippen molar-refractivity contribution in [2.45, 2.75) is 6.92 Å². The van der Waals surface area contributed by atoms with Gasteiger partial charge in [0, 0.05) is 31.9 Å². The van der Waals surface area contributed by atoms with Gasteiger partial charge < -0.3 is 5.32 Å². The van der Waals surface area contributed by atoms with Crippen molar-refractivity contribution >= 4 is 17.9 Å². The van der Waals surface area contributed by atoms with E-state index in [0.29, 0.717) is 23.2 Å². The third-order valence-corrected chi connectivity index (χ3v) is 2.51. The number of pyridine rings is 1. The molecule has 0 aliphatic rings. The van der Waals surface area contributed by atoms with Gasteiger partial charge >= 0.3 is 0 Å². The highest BCUT2D eigenvalue weighted by Crippen LogP contribution is 2.13. The van der Waals surface area contributed by atoms with E-state index in [1.807, 2.05) is 0 Å². The predicted octanol–water partition coefficient (Wildman–Crippen LogP) is 1.85. The average molecular weight is 258 g/mol. The SMILES string of the molecule is CC(=O)Nc1cccc(-n2cc(C=O)ccc2=O)c1.[HH]. The number of aromatic nitrogens is 1. The summed E-state index contributed by atoms with van der Waals surface area (Å²) in [5, 5.41) is 2.64. The molecule has 0 radical (unpaired) electrons. The van der Waals surface area contributed by atoms with Gasteiger partial charge in [0.1, 0.15) is 0 Å². The minimum Gasteiger partial charge on any atom is -0.326 e. The van der Waals surface area contributed by atoms with E-state index in [9.17, 15) is 14.4 Å². The number of hydrogen-bond donors (Lipinski definition) is 1. The number of amides is 1. The Balaban J connectivity index is 0.00000200. The molecular formula is C14H14N2O3. The standard InChI is InChI=1S/C14H12N2O3.H2/c1-10(18)15-12-3-2-4-13(7-12)16-8-11(9-17)5-6-14(16)19;/h2-9H,1H3,(H,15,18);1H. The van der Waals surface area contributed by atoms with Crippen molar-refractivity contribution in [1.29, 1.82) is 0 Å². The maximum absolute atomic E-state index is 11.8. The lowest BCUT2D eigenvalue weighted by atomic mass is 10.2. The summed E-state index contributed by atoms with van der Waals surface area (Å²) in [4.78, 5) is 33.5. The molecular weight excluding hydrogens is 244 g/mol. The molecule has 5 nitrogen and oxygen atoms in total. The molecule has 2 rings (SSSR count). The predicted molar refractivity (Wildman–Crippen MR) is 73.8 cm³/mol. The van der Waals surface area contributed by atoms with Crippen molar-refractivity contribution in [3.05, 3.63) is 58.5 Å². The number of hydrogen-bond acceptors (Lipinski definition) is 3. The molecule has 0 spiro atoms. The summed E-state index contributed by atoms with van der Waals surface area (Å²) < 4.78 is 1.36. The van der Waals surface area contributed by atoms with E-state index in [4.69, 9.17) is 0 Å². The summed E-state index contributed by atoms with van der Waals surface area (Å²) in [5.74, 6) is -0.189. The Labute approximate surface area is 111 Å². The first kappa shape index (κ1) is 12.8. The highest BCUT2D eigenvalue weighted by molar-refractivity contribution is 5.88. The van der Waals surface area contributed by atoms with Crippen molar-refractivity contribution in [3.63, 3.8) is 0 Å². The number of aldehydes is 1. The fourth-order valence-corrected chi connectivity index (χ4v) is 1.71. The molecule has 0 fully saturated rings. The fourth-order valence-electron chi connectivity index (χ4n) is 1.71. The molecule has 1 aromatic heterocycles. The summed E-state index contributed by atoms with van der Waals surface area (Å²) in [6.45, 7) is 1.41. The van der Waals surface area contributed by atoms with Crippen LogP contribution in [0.25, 0.3) is 5.69 Å². The molecule has 2 aromatic rings. The summed E-state index contributed by atoms with van der Waals surface area (Å²) in [6, 6.07) is 9.62. The van der Waals surface area contributed by atoms with Gasteiger partial charge in [0.15, 0.2) is 6.29 Å². The monoisotopic (exact) mass is 258 g/mol. The molecule has 1 N–H and O–H groups in total. The molecule has 98 valence electrons. The molecule has 5 heteroatoms. The topological polar surface area (TPSA) is 68.2 Å². The van der Waals surface area contributed by atoms with Crippen LogP contribution in [0.2, 0.25) is 0 Å². The van der Waals surface area contributed by atoms with E-state index in [2.05, 4.69) is 5.32 Å². The third-order valence-electron chi connectivity index (χ3n) is 2.51. The molecule has 0 aliphatic heterocycles. The van der Waals surface area contributed by atoms with Gasteiger partial charge in [-0.25, -0.2) is 0 Å². The van der Waals surface area contributed by atoms with Crippen molar-refractivity contribution in [2.24, 2.45) is 0 Å². The van der Waals surface area contributed by atoms with E-state index in [-0.39, 0.29) is 12.9 Å². The molecule has 0 saturated heterocycles. The molecule has 0 aliphatic carbocycles. The van der Waals surface area contributed by atoms with Crippen LogP contribution in [0.3, 0.4) is 0 Å².